The molecular formula is C17H14ClN3O2S. The molecule has 122 valence electrons. The lowest BCUT2D eigenvalue weighted by molar-refractivity contribution is 0.0794. The molecule has 1 unspecified atom stereocenters. The summed E-state index contributed by atoms with van der Waals surface area (Å²) in [4.78, 5) is 19.5. The van der Waals surface area contributed by atoms with E-state index >= 15 is 0 Å². The fraction of sp³-hybridized carbons (Fsp3) is 0.235. The molecule has 7 heteroatoms. The molecule has 1 amide bonds. The molecule has 3 heterocycles. The van der Waals surface area contributed by atoms with Crippen molar-refractivity contribution in [3.63, 3.8) is 0 Å². The molecule has 24 heavy (non-hydrogen) atoms. The first-order valence-corrected chi connectivity index (χ1v) is 8.84. The Morgan fingerprint density at radius 3 is 2.83 bits per heavy atom. The molecule has 0 saturated carbocycles. The van der Waals surface area contributed by atoms with Crippen molar-refractivity contribution in [3.05, 3.63) is 57.6 Å². The van der Waals surface area contributed by atoms with Crippen LogP contribution in [0.3, 0.4) is 0 Å². The van der Waals surface area contributed by atoms with Gasteiger partial charge in [0, 0.05) is 18.7 Å². The summed E-state index contributed by atoms with van der Waals surface area (Å²) in [5.41, 5.74) is 0.923. The minimum atomic E-state index is 0.0113. The number of likely N-dealkylation sites (tertiary alicyclic amines) is 1. The molecule has 1 saturated heterocycles. The number of nitrogens with zero attached hydrogens (tertiary/aromatic N) is 3. The third-order valence-electron chi connectivity index (χ3n) is 4.08. The van der Waals surface area contributed by atoms with Crippen molar-refractivity contribution in [2.75, 3.05) is 13.1 Å². The zero-order valence-electron chi connectivity index (χ0n) is 12.7. The Kier molecular flexibility index (Phi) is 4.08. The molecule has 0 N–H and O–H groups in total. The lowest BCUT2D eigenvalue weighted by Crippen LogP contribution is -2.27. The lowest BCUT2D eigenvalue weighted by atomic mass is 10.1. The minimum absolute atomic E-state index is 0.0113. The second kappa shape index (κ2) is 6.37. The number of carbonyl (C=O) groups excluding carboxylic acids is 1. The van der Waals surface area contributed by atoms with Crippen LogP contribution in [-0.2, 0) is 0 Å². The summed E-state index contributed by atoms with van der Waals surface area (Å²) in [6, 6.07) is 13.2. The first-order chi connectivity index (χ1) is 11.7. The van der Waals surface area contributed by atoms with E-state index in [1.807, 2.05) is 35.2 Å². The molecule has 1 atom stereocenters. The summed E-state index contributed by atoms with van der Waals surface area (Å²) >= 11 is 7.22. The van der Waals surface area contributed by atoms with Crippen LogP contribution in [0.5, 0.6) is 0 Å². The van der Waals surface area contributed by atoms with Crippen molar-refractivity contribution in [2.24, 2.45) is 0 Å². The normalized spacial score (nSPS) is 17.4. The highest BCUT2D eigenvalue weighted by atomic mass is 35.5. The highest BCUT2D eigenvalue weighted by Crippen LogP contribution is 2.30. The minimum Gasteiger partial charge on any atom is -0.339 e. The molecule has 1 aliphatic rings. The summed E-state index contributed by atoms with van der Waals surface area (Å²) in [7, 11) is 0. The molecule has 4 rings (SSSR count). The number of thiophene rings is 1. The van der Waals surface area contributed by atoms with Gasteiger partial charge in [-0.05, 0) is 18.6 Å². The third-order valence-corrected chi connectivity index (χ3v) is 5.30. The number of hydrogen-bond donors (Lipinski definition) is 0. The fourth-order valence-electron chi connectivity index (χ4n) is 2.84. The Balaban J connectivity index is 1.47. The van der Waals surface area contributed by atoms with Crippen LogP contribution < -0.4 is 0 Å². The van der Waals surface area contributed by atoms with Crippen molar-refractivity contribution >= 4 is 28.8 Å². The van der Waals surface area contributed by atoms with E-state index in [-0.39, 0.29) is 11.8 Å². The monoisotopic (exact) mass is 359 g/mol. The van der Waals surface area contributed by atoms with E-state index in [1.54, 1.807) is 12.1 Å². The number of rotatable bonds is 3. The van der Waals surface area contributed by atoms with Crippen LogP contribution in [-0.4, -0.2) is 34.0 Å². The molecule has 5 nitrogen and oxygen atoms in total. The van der Waals surface area contributed by atoms with Crippen LogP contribution in [0.4, 0.5) is 0 Å². The lowest BCUT2D eigenvalue weighted by Gasteiger charge is -2.14. The van der Waals surface area contributed by atoms with E-state index in [9.17, 15) is 4.79 Å². The van der Waals surface area contributed by atoms with Gasteiger partial charge in [-0.15, -0.1) is 11.3 Å². The fourth-order valence-corrected chi connectivity index (χ4v) is 3.85. The predicted octanol–water partition coefficient (Wildman–Crippen LogP) is 4.08. The number of aromatic nitrogens is 2. The second-order valence-electron chi connectivity index (χ2n) is 5.66. The number of carbonyl (C=O) groups is 1. The maximum atomic E-state index is 12.5. The molecule has 0 spiro atoms. The molecule has 0 aliphatic carbocycles. The summed E-state index contributed by atoms with van der Waals surface area (Å²) < 4.78 is 6.05. The molecule has 1 aromatic carbocycles. The van der Waals surface area contributed by atoms with Crippen molar-refractivity contribution in [1.82, 2.24) is 15.0 Å². The number of hydrogen-bond acceptors (Lipinski definition) is 5. The number of amides is 1. The van der Waals surface area contributed by atoms with Gasteiger partial charge in [0.2, 0.25) is 11.7 Å². The first-order valence-electron chi connectivity index (χ1n) is 7.64. The van der Waals surface area contributed by atoms with Gasteiger partial charge < -0.3 is 9.42 Å². The SMILES string of the molecule is O=C(c1ccc(Cl)s1)N1CCC(c2nc(-c3ccccc3)no2)C1. The zero-order valence-corrected chi connectivity index (χ0v) is 14.3. The predicted molar refractivity (Wildman–Crippen MR) is 92.3 cm³/mol. The summed E-state index contributed by atoms with van der Waals surface area (Å²) in [5.74, 6) is 1.26. The Bertz CT molecular complexity index is 862. The van der Waals surface area contributed by atoms with Gasteiger partial charge in [0.15, 0.2) is 0 Å². The van der Waals surface area contributed by atoms with Crippen LogP contribution in [0.1, 0.15) is 27.9 Å². The molecule has 3 aromatic rings. The van der Waals surface area contributed by atoms with Gasteiger partial charge in [-0.2, -0.15) is 4.98 Å². The van der Waals surface area contributed by atoms with Crippen LogP contribution in [0.15, 0.2) is 47.0 Å². The van der Waals surface area contributed by atoms with Gasteiger partial charge in [0.1, 0.15) is 0 Å². The van der Waals surface area contributed by atoms with Gasteiger partial charge in [0.25, 0.3) is 5.91 Å². The van der Waals surface area contributed by atoms with E-state index in [0.717, 1.165) is 12.0 Å². The van der Waals surface area contributed by atoms with Crippen LogP contribution in [0, 0.1) is 0 Å². The molecule has 0 radical (unpaired) electrons. The van der Waals surface area contributed by atoms with E-state index in [1.165, 1.54) is 11.3 Å². The van der Waals surface area contributed by atoms with Crippen molar-refractivity contribution in [3.8, 4) is 11.4 Å². The van der Waals surface area contributed by atoms with E-state index in [2.05, 4.69) is 10.1 Å². The van der Waals surface area contributed by atoms with Crippen LogP contribution in [0.2, 0.25) is 4.34 Å². The van der Waals surface area contributed by atoms with Crippen LogP contribution >= 0.6 is 22.9 Å². The van der Waals surface area contributed by atoms with Gasteiger partial charge >= 0.3 is 0 Å². The van der Waals surface area contributed by atoms with Gasteiger partial charge in [-0.3, -0.25) is 4.79 Å². The Morgan fingerprint density at radius 1 is 1.25 bits per heavy atom. The standard InChI is InChI=1S/C17H14ClN3O2S/c18-14-7-6-13(24-14)17(22)21-9-8-12(10-21)16-19-15(20-23-16)11-4-2-1-3-5-11/h1-7,12H,8-10H2. The van der Waals surface area contributed by atoms with E-state index in [0.29, 0.717) is 34.0 Å². The average molecular weight is 360 g/mol. The van der Waals surface area contributed by atoms with Crippen molar-refractivity contribution in [2.45, 2.75) is 12.3 Å². The number of halogens is 1. The Hall–Kier alpha value is -2.18. The molecule has 2 aromatic heterocycles. The number of benzene rings is 1. The van der Waals surface area contributed by atoms with Crippen molar-refractivity contribution < 1.29 is 9.32 Å². The first kappa shape index (κ1) is 15.4. The highest BCUT2D eigenvalue weighted by molar-refractivity contribution is 7.17. The third kappa shape index (κ3) is 2.95. The quantitative estimate of drug-likeness (QED) is 0.707. The van der Waals surface area contributed by atoms with E-state index < -0.39 is 0 Å². The largest absolute Gasteiger partial charge is 0.339 e. The molecular weight excluding hydrogens is 346 g/mol. The Labute approximate surface area is 147 Å². The average Bonchev–Trinajstić information content (AvgIpc) is 3.35. The second-order valence-corrected chi connectivity index (χ2v) is 7.38. The molecule has 1 aliphatic heterocycles. The highest BCUT2D eigenvalue weighted by Gasteiger charge is 2.32. The van der Waals surface area contributed by atoms with Crippen LogP contribution in [0.25, 0.3) is 11.4 Å². The van der Waals surface area contributed by atoms with Gasteiger partial charge in [-0.1, -0.05) is 47.1 Å². The zero-order chi connectivity index (χ0) is 16.5. The van der Waals surface area contributed by atoms with Crippen molar-refractivity contribution in [1.29, 1.82) is 0 Å². The molecule has 1 fully saturated rings. The maximum Gasteiger partial charge on any atom is 0.263 e. The maximum absolute atomic E-state index is 12.5. The summed E-state index contributed by atoms with van der Waals surface area (Å²) in [6.45, 7) is 1.27. The summed E-state index contributed by atoms with van der Waals surface area (Å²) in [5, 5.41) is 4.06. The topological polar surface area (TPSA) is 59.2 Å². The molecule has 0 bridgehead atoms. The Morgan fingerprint density at radius 2 is 2.08 bits per heavy atom. The summed E-state index contributed by atoms with van der Waals surface area (Å²) in [6.07, 6.45) is 0.821. The van der Waals surface area contributed by atoms with Gasteiger partial charge in [-0.25, -0.2) is 0 Å². The smallest absolute Gasteiger partial charge is 0.263 e. The van der Waals surface area contributed by atoms with E-state index in [4.69, 9.17) is 16.1 Å². The van der Waals surface area contributed by atoms with Gasteiger partial charge in [0.05, 0.1) is 15.1 Å².